The van der Waals surface area contributed by atoms with E-state index in [-0.39, 0.29) is 53.2 Å². The van der Waals surface area contributed by atoms with Crippen molar-refractivity contribution in [3.8, 4) is 0 Å². The molecule has 1 nitrogen and oxygen atoms in total. The van der Waals surface area contributed by atoms with Gasteiger partial charge in [0.25, 0.3) is 0 Å². The van der Waals surface area contributed by atoms with E-state index in [2.05, 4.69) is 6.92 Å². The Kier molecular flexibility index (Phi) is 1050. The van der Waals surface area contributed by atoms with Gasteiger partial charge in [0.05, 0.1) is 0 Å². The summed E-state index contributed by atoms with van der Waals surface area (Å²) in [5, 5.41) is 0. The van der Waals surface area contributed by atoms with Gasteiger partial charge >= 0.3 is 21.1 Å². The topological polar surface area (TPSA) is 33.5 Å². The number of rotatable bonds is 0. The van der Waals surface area contributed by atoms with Gasteiger partial charge in [0, 0.05) is 18.6 Å². The molecule has 39 valence electrons. The maximum absolute atomic E-state index is 3.25. The van der Waals surface area contributed by atoms with Crippen molar-refractivity contribution in [3.05, 3.63) is 20.5 Å². The third-order valence-electron chi connectivity index (χ3n) is 0. The third-order valence-corrected chi connectivity index (χ3v) is 0. The van der Waals surface area contributed by atoms with Crippen LogP contribution in [0.3, 0.4) is 0 Å². The van der Waals surface area contributed by atoms with Crippen LogP contribution in [0.15, 0.2) is 0 Å². The van der Waals surface area contributed by atoms with E-state index in [0.29, 0.717) is 0 Å². The first-order valence-corrected chi connectivity index (χ1v) is 0.707. The molecule has 1 radical (unpaired) electrons. The standard InChI is InChI=1S/C2H5.CH3.H2N.V.W/c1-2;;;;/h1H2,2H3;1H3;1H2;;/q3*-1;;+2. The van der Waals surface area contributed by atoms with Crippen molar-refractivity contribution in [3.63, 3.8) is 0 Å². The molecule has 0 bridgehead atoms. The van der Waals surface area contributed by atoms with E-state index in [1.807, 2.05) is 0 Å². The second-order valence-electron chi connectivity index (χ2n) is 0. The predicted molar refractivity (Wildman–Crippen MR) is 22.7 cm³/mol. The minimum absolute atomic E-state index is 0. The Labute approximate surface area is 67.0 Å². The number of hydrogen-bond acceptors (Lipinski definition) is 0. The summed E-state index contributed by atoms with van der Waals surface area (Å²) in [6.07, 6.45) is 0. The van der Waals surface area contributed by atoms with Gasteiger partial charge in [-0.05, 0) is 0 Å². The van der Waals surface area contributed by atoms with Crippen molar-refractivity contribution < 1.29 is 39.6 Å². The summed E-state index contributed by atoms with van der Waals surface area (Å²) in [5.41, 5.74) is 0. The summed E-state index contributed by atoms with van der Waals surface area (Å²) >= 11 is 0. The van der Waals surface area contributed by atoms with Crippen molar-refractivity contribution in [1.82, 2.24) is 0 Å². The zero-order chi connectivity index (χ0) is 2.00. The van der Waals surface area contributed by atoms with Crippen molar-refractivity contribution >= 4 is 0 Å². The van der Waals surface area contributed by atoms with Crippen molar-refractivity contribution in [2.24, 2.45) is 0 Å². The first kappa shape index (κ1) is 56.4. The van der Waals surface area contributed by atoms with E-state index in [1.54, 1.807) is 6.92 Å². The van der Waals surface area contributed by atoms with Crippen LogP contribution >= 0.6 is 0 Å². The van der Waals surface area contributed by atoms with E-state index in [9.17, 15) is 0 Å². The van der Waals surface area contributed by atoms with Crippen molar-refractivity contribution in [2.45, 2.75) is 6.92 Å². The van der Waals surface area contributed by atoms with Crippen LogP contribution in [0.25, 0.3) is 6.15 Å². The summed E-state index contributed by atoms with van der Waals surface area (Å²) in [6.45, 7) is 5.00. The Bertz CT molecular complexity index is 10.8. The van der Waals surface area contributed by atoms with Crippen LogP contribution in [0.4, 0.5) is 0 Å². The molecule has 0 aliphatic carbocycles. The van der Waals surface area contributed by atoms with Gasteiger partial charge in [-0.2, -0.15) is 6.92 Å². The maximum Gasteiger partial charge on any atom is 2.00 e. The Balaban J connectivity index is -0.000000000833. The minimum Gasteiger partial charge on any atom is -0.693 e. The second kappa shape index (κ2) is 112. The van der Waals surface area contributed by atoms with Crippen LogP contribution in [0.5, 0.6) is 0 Å². The molecule has 6 heavy (non-hydrogen) atoms. The van der Waals surface area contributed by atoms with Gasteiger partial charge in [-0.15, -0.1) is 0 Å². The summed E-state index contributed by atoms with van der Waals surface area (Å²) in [7, 11) is 0. The number of nitrogens with two attached hydrogens (primary N) is 1. The average molecular weight is 295 g/mol. The van der Waals surface area contributed by atoms with E-state index in [1.165, 1.54) is 0 Å². The molecule has 0 saturated heterocycles. The molecule has 0 unspecified atom stereocenters. The summed E-state index contributed by atoms with van der Waals surface area (Å²) in [4.78, 5) is 0. The Morgan fingerprint density at radius 3 is 1.17 bits per heavy atom. The summed E-state index contributed by atoms with van der Waals surface area (Å²) in [5.74, 6) is 0. The van der Waals surface area contributed by atoms with E-state index in [4.69, 9.17) is 0 Å². The van der Waals surface area contributed by atoms with Gasteiger partial charge in [-0.1, -0.05) is 0 Å². The smallest absolute Gasteiger partial charge is 0.693 e. The van der Waals surface area contributed by atoms with Crippen LogP contribution in [-0.2, 0) is 39.6 Å². The Morgan fingerprint density at radius 1 is 1.17 bits per heavy atom. The number of hydrogen-bond donors (Lipinski definition) is 0. The fourth-order valence-electron chi connectivity index (χ4n) is 0. The molecule has 0 saturated carbocycles. The van der Waals surface area contributed by atoms with Gasteiger partial charge < -0.3 is 20.5 Å². The molecule has 0 rings (SSSR count). The van der Waals surface area contributed by atoms with Crippen LogP contribution < -0.4 is 0 Å². The van der Waals surface area contributed by atoms with Crippen molar-refractivity contribution in [2.75, 3.05) is 0 Å². The van der Waals surface area contributed by atoms with Gasteiger partial charge in [0.1, 0.15) is 0 Å². The molecule has 0 aromatic carbocycles. The zero-order valence-electron chi connectivity index (χ0n) is 4.14. The molecule has 3 heteroatoms. The van der Waals surface area contributed by atoms with Gasteiger partial charge in [0.2, 0.25) is 0 Å². The zero-order valence-corrected chi connectivity index (χ0v) is 8.47. The largest absolute Gasteiger partial charge is 2.00 e. The second-order valence-corrected chi connectivity index (χ2v) is 0. The predicted octanol–water partition coefficient (Wildman–Crippen LogP) is 2.00. The molecule has 0 aliphatic rings. The molecule has 0 spiro atoms. The first-order valence-electron chi connectivity index (χ1n) is 0.707. The van der Waals surface area contributed by atoms with Crippen LogP contribution in [0.2, 0.25) is 0 Å². The fraction of sp³-hybridized carbons (Fsp3) is 0.333. The molecule has 0 heterocycles. The monoisotopic (exact) mass is 295 g/mol. The molecular weight excluding hydrogens is 285 g/mol. The SMILES string of the molecule is [CH2-]C.[CH3-].[NH2-].[V].[W+2]. The van der Waals surface area contributed by atoms with E-state index >= 15 is 0 Å². The molecule has 0 atom stereocenters. The van der Waals surface area contributed by atoms with Crippen molar-refractivity contribution in [1.29, 1.82) is 0 Å². The molecule has 2 N–H and O–H groups in total. The Hall–Kier alpha value is 1.23. The fourth-order valence-corrected chi connectivity index (χ4v) is 0. The van der Waals surface area contributed by atoms with Crippen LogP contribution in [-0.4, -0.2) is 0 Å². The average Bonchev–Trinajstić information content (AvgIpc) is 1.00. The minimum atomic E-state index is 0. The molecule has 0 aromatic rings. The quantitative estimate of drug-likeness (QED) is 0.613. The third kappa shape index (κ3) is 61.7. The molecule has 0 amide bonds. The maximum atomic E-state index is 3.25. The Morgan fingerprint density at radius 2 is 1.17 bits per heavy atom. The van der Waals surface area contributed by atoms with Gasteiger partial charge in [0.15, 0.2) is 0 Å². The molecule has 0 fully saturated rings. The molecule has 0 aromatic heterocycles. The van der Waals surface area contributed by atoms with E-state index in [0.717, 1.165) is 0 Å². The molecular formula is C3H10NVW-. The van der Waals surface area contributed by atoms with Crippen LogP contribution in [0.1, 0.15) is 6.92 Å². The molecule has 0 aliphatic heterocycles. The normalized spacial score (nSPS) is 1.00. The van der Waals surface area contributed by atoms with E-state index < -0.39 is 0 Å². The summed E-state index contributed by atoms with van der Waals surface area (Å²) in [6, 6.07) is 0. The summed E-state index contributed by atoms with van der Waals surface area (Å²) < 4.78 is 0. The van der Waals surface area contributed by atoms with Crippen LogP contribution in [0, 0.1) is 14.4 Å². The van der Waals surface area contributed by atoms with Gasteiger partial charge in [-0.25, -0.2) is 0 Å². The van der Waals surface area contributed by atoms with Gasteiger partial charge in [-0.3, -0.25) is 0 Å². The first-order chi connectivity index (χ1) is 1.00.